The van der Waals surface area contributed by atoms with Gasteiger partial charge in [-0.3, -0.25) is 4.99 Å². The predicted octanol–water partition coefficient (Wildman–Crippen LogP) is 2.23. The Bertz CT molecular complexity index is 800. The minimum absolute atomic E-state index is 0.0526. The van der Waals surface area contributed by atoms with Crippen LogP contribution in [0.4, 0.5) is 4.39 Å². The molecule has 0 aromatic heterocycles. The van der Waals surface area contributed by atoms with Gasteiger partial charge in [0, 0.05) is 31.1 Å². The molecule has 2 N–H and O–H groups in total. The fraction of sp³-hybridized carbons (Fsp3) is 0.650. The molecule has 1 aromatic carbocycles. The number of benzene rings is 1. The van der Waals surface area contributed by atoms with Crippen LogP contribution in [0.15, 0.2) is 29.3 Å². The van der Waals surface area contributed by atoms with Gasteiger partial charge in [0.05, 0.1) is 12.3 Å². The van der Waals surface area contributed by atoms with Gasteiger partial charge in [0.25, 0.3) is 0 Å². The summed E-state index contributed by atoms with van der Waals surface area (Å²) in [7, 11) is -3.11. The lowest BCUT2D eigenvalue weighted by Crippen LogP contribution is -2.50. The quantitative estimate of drug-likeness (QED) is 0.534. The number of hydrogen-bond acceptors (Lipinski definition) is 3. The number of halogens is 1. The van der Waals surface area contributed by atoms with Crippen molar-refractivity contribution in [3.8, 4) is 0 Å². The lowest BCUT2D eigenvalue weighted by molar-refractivity contribution is 0.306. The Morgan fingerprint density at radius 1 is 1.29 bits per heavy atom. The minimum atomic E-state index is -3.11. The van der Waals surface area contributed by atoms with Crippen LogP contribution in [-0.4, -0.2) is 56.7 Å². The van der Waals surface area contributed by atoms with E-state index in [1.54, 1.807) is 23.4 Å². The van der Waals surface area contributed by atoms with E-state index < -0.39 is 10.0 Å². The maximum absolute atomic E-state index is 13.6. The van der Waals surface area contributed by atoms with Crippen LogP contribution in [0.2, 0.25) is 0 Å². The van der Waals surface area contributed by atoms with Crippen molar-refractivity contribution in [2.75, 3.05) is 31.9 Å². The molecule has 0 atom stereocenters. The summed E-state index contributed by atoms with van der Waals surface area (Å²) in [6, 6.07) is 7.03. The largest absolute Gasteiger partial charge is 0.357 e. The van der Waals surface area contributed by atoms with E-state index in [1.807, 2.05) is 13.0 Å². The Balaban J connectivity index is 1.60. The standard InChI is InChI=1S/C20H31FN4O2S/c1-3-22-19(24-18-8-12-25(13-9-18)28(26,27)4-2)23-15-20(10-11-20)16-6-5-7-17(21)14-16/h5-7,14,18H,3-4,8-13,15H2,1-2H3,(H2,22,23,24). The first kappa shape index (κ1) is 21.0. The topological polar surface area (TPSA) is 73.8 Å². The van der Waals surface area contributed by atoms with Gasteiger partial charge in [0.15, 0.2) is 5.96 Å². The maximum atomic E-state index is 13.6. The lowest BCUT2D eigenvalue weighted by atomic mass is 9.96. The number of guanidine groups is 1. The van der Waals surface area contributed by atoms with Crippen molar-refractivity contribution in [1.29, 1.82) is 0 Å². The first-order valence-corrected chi connectivity index (χ1v) is 11.8. The van der Waals surface area contributed by atoms with Crippen molar-refractivity contribution in [3.63, 3.8) is 0 Å². The van der Waals surface area contributed by atoms with E-state index in [4.69, 9.17) is 4.99 Å². The Morgan fingerprint density at radius 2 is 2.00 bits per heavy atom. The summed E-state index contributed by atoms with van der Waals surface area (Å²) in [5.74, 6) is 0.700. The third-order valence-corrected chi connectivity index (χ3v) is 7.61. The fourth-order valence-corrected chi connectivity index (χ4v) is 4.84. The second-order valence-electron chi connectivity index (χ2n) is 7.70. The minimum Gasteiger partial charge on any atom is -0.357 e. The monoisotopic (exact) mass is 410 g/mol. The summed E-state index contributed by atoms with van der Waals surface area (Å²) in [6.45, 7) is 6.16. The molecule has 1 aliphatic heterocycles. The molecule has 0 bridgehead atoms. The Labute approximate surface area is 167 Å². The third-order valence-electron chi connectivity index (χ3n) is 5.73. The summed E-state index contributed by atoms with van der Waals surface area (Å²) in [5.41, 5.74) is 0.966. The molecular formula is C20H31FN4O2S. The molecule has 8 heteroatoms. The molecule has 28 heavy (non-hydrogen) atoms. The number of aliphatic imine (C=N–C) groups is 1. The van der Waals surface area contributed by atoms with E-state index in [-0.39, 0.29) is 23.0 Å². The Kier molecular flexibility index (Phi) is 6.60. The second-order valence-corrected chi connectivity index (χ2v) is 9.96. The van der Waals surface area contributed by atoms with Gasteiger partial charge in [-0.1, -0.05) is 12.1 Å². The zero-order valence-corrected chi connectivity index (χ0v) is 17.6. The van der Waals surface area contributed by atoms with Gasteiger partial charge in [0.1, 0.15) is 5.82 Å². The zero-order valence-electron chi connectivity index (χ0n) is 16.7. The summed E-state index contributed by atoms with van der Waals surface area (Å²) < 4.78 is 39.2. The van der Waals surface area contributed by atoms with Crippen molar-refractivity contribution in [3.05, 3.63) is 35.6 Å². The lowest BCUT2D eigenvalue weighted by Gasteiger charge is -2.32. The van der Waals surface area contributed by atoms with Crippen LogP contribution < -0.4 is 10.6 Å². The van der Waals surface area contributed by atoms with Crippen LogP contribution >= 0.6 is 0 Å². The van der Waals surface area contributed by atoms with Crippen LogP contribution in [0, 0.1) is 5.82 Å². The van der Waals surface area contributed by atoms with Crippen molar-refractivity contribution in [2.45, 2.75) is 51.0 Å². The Morgan fingerprint density at radius 3 is 2.57 bits per heavy atom. The molecule has 3 rings (SSSR count). The fourth-order valence-electron chi connectivity index (χ4n) is 3.71. The first-order chi connectivity index (χ1) is 13.4. The zero-order chi connectivity index (χ0) is 20.2. The number of hydrogen-bond donors (Lipinski definition) is 2. The van der Waals surface area contributed by atoms with Crippen molar-refractivity contribution in [2.24, 2.45) is 4.99 Å². The highest BCUT2D eigenvalue weighted by Gasteiger charge is 2.44. The molecule has 1 saturated heterocycles. The second kappa shape index (κ2) is 8.78. The summed E-state index contributed by atoms with van der Waals surface area (Å²) >= 11 is 0. The average Bonchev–Trinajstić information content (AvgIpc) is 3.48. The van der Waals surface area contributed by atoms with Gasteiger partial charge >= 0.3 is 0 Å². The Hall–Kier alpha value is -1.67. The number of piperidine rings is 1. The summed E-state index contributed by atoms with van der Waals surface area (Å²) in [6.07, 6.45) is 3.57. The number of rotatable bonds is 7. The van der Waals surface area contributed by atoms with Crippen LogP contribution in [-0.2, 0) is 15.4 Å². The number of nitrogens with one attached hydrogen (secondary N) is 2. The van der Waals surface area contributed by atoms with Gasteiger partial charge in [-0.15, -0.1) is 0 Å². The van der Waals surface area contributed by atoms with Gasteiger partial charge in [0.2, 0.25) is 10.0 Å². The van der Waals surface area contributed by atoms with E-state index in [2.05, 4.69) is 10.6 Å². The van der Waals surface area contributed by atoms with Crippen molar-refractivity contribution < 1.29 is 12.8 Å². The highest BCUT2D eigenvalue weighted by Crippen LogP contribution is 2.48. The molecule has 0 radical (unpaired) electrons. The number of sulfonamides is 1. The third kappa shape index (κ3) is 5.03. The van der Waals surface area contributed by atoms with E-state index in [0.29, 0.717) is 19.6 Å². The van der Waals surface area contributed by atoms with Crippen molar-refractivity contribution in [1.82, 2.24) is 14.9 Å². The van der Waals surface area contributed by atoms with E-state index in [1.165, 1.54) is 6.07 Å². The van der Waals surface area contributed by atoms with Gasteiger partial charge < -0.3 is 10.6 Å². The van der Waals surface area contributed by atoms with E-state index in [9.17, 15) is 12.8 Å². The van der Waals surface area contributed by atoms with Crippen LogP contribution in [0.3, 0.4) is 0 Å². The highest BCUT2D eigenvalue weighted by atomic mass is 32.2. The van der Waals surface area contributed by atoms with Crippen LogP contribution in [0.1, 0.15) is 45.1 Å². The predicted molar refractivity (Wildman–Crippen MR) is 110 cm³/mol. The molecule has 1 saturated carbocycles. The molecule has 1 aromatic rings. The molecule has 0 spiro atoms. The SMILES string of the molecule is CCNC(=NCC1(c2cccc(F)c2)CC1)NC1CCN(S(=O)(=O)CC)CC1. The molecule has 6 nitrogen and oxygen atoms in total. The molecule has 1 aliphatic carbocycles. The van der Waals surface area contributed by atoms with Crippen LogP contribution in [0.5, 0.6) is 0 Å². The van der Waals surface area contributed by atoms with Crippen LogP contribution in [0.25, 0.3) is 0 Å². The maximum Gasteiger partial charge on any atom is 0.213 e. The first-order valence-electron chi connectivity index (χ1n) is 10.2. The molecule has 2 aliphatic rings. The average molecular weight is 411 g/mol. The summed E-state index contributed by atoms with van der Waals surface area (Å²) in [5, 5.41) is 6.73. The molecule has 156 valence electrons. The van der Waals surface area contributed by atoms with E-state index >= 15 is 0 Å². The van der Waals surface area contributed by atoms with Gasteiger partial charge in [-0.25, -0.2) is 17.1 Å². The molecule has 0 unspecified atom stereocenters. The highest BCUT2D eigenvalue weighted by molar-refractivity contribution is 7.89. The smallest absolute Gasteiger partial charge is 0.213 e. The normalized spacial score (nSPS) is 20.8. The summed E-state index contributed by atoms with van der Waals surface area (Å²) in [4.78, 5) is 4.77. The van der Waals surface area contributed by atoms with Crippen molar-refractivity contribution >= 4 is 16.0 Å². The molecule has 0 amide bonds. The number of nitrogens with zero attached hydrogens (tertiary/aromatic N) is 2. The molecule has 1 heterocycles. The van der Waals surface area contributed by atoms with E-state index in [0.717, 1.165) is 43.8 Å². The molecular weight excluding hydrogens is 379 g/mol. The molecule has 2 fully saturated rings. The van der Waals surface area contributed by atoms with Gasteiger partial charge in [-0.05, 0) is 57.2 Å². The van der Waals surface area contributed by atoms with Gasteiger partial charge in [-0.2, -0.15) is 0 Å².